The molecule has 0 bridgehead atoms. The largest absolute Gasteiger partial charge is 0.497 e. The molecule has 10 nitrogen and oxygen atoms in total. The summed E-state index contributed by atoms with van der Waals surface area (Å²) >= 11 is 3.49. The Kier molecular flexibility index (Phi) is 9.65. The minimum atomic E-state index is -3.48. The Bertz CT molecular complexity index is 1060. The molecule has 1 fully saturated rings. The van der Waals surface area contributed by atoms with Crippen LogP contribution in [0.1, 0.15) is 5.56 Å². The van der Waals surface area contributed by atoms with Crippen LogP contribution in [0.3, 0.4) is 0 Å². The van der Waals surface area contributed by atoms with Gasteiger partial charge in [-0.1, -0.05) is 15.9 Å². The Morgan fingerprint density at radius 3 is 2.00 bits per heavy atom. The first kappa shape index (κ1) is 26.6. The van der Waals surface area contributed by atoms with E-state index in [0.29, 0.717) is 36.8 Å². The van der Waals surface area contributed by atoms with Crippen LogP contribution in [0, 0.1) is 0 Å². The van der Waals surface area contributed by atoms with Crippen molar-refractivity contribution in [1.29, 1.82) is 0 Å². The summed E-state index contributed by atoms with van der Waals surface area (Å²) in [5.74, 6) is -2.17. The zero-order chi connectivity index (χ0) is 24.6. The lowest BCUT2D eigenvalue weighted by molar-refractivity contribution is -0.159. The van der Waals surface area contributed by atoms with E-state index >= 15 is 0 Å². The summed E-state index contributed by atoms with van der Waals surface area (Å²) in [6, 6.07) is 12.4. The van der Waals surface area contributed by atoms with E-state index in [1.54, 1.807) is 42.8 Å². The Morgan fingerprint density at radius 2 is 1.52 bits per heavy atom. The third-order valence-corrected chi connectivity index (χ3v) is 7.25. The van der Waals surface area contributed by atoms with E-state index in [0.717, 1.165) is 22.3 Å². The molecule has 0 spiro atoms. The highest BCUT2D eigenvalue weighted by molar-refractivity contribution is 9.10. The van der Waals surface area contributed by atoms with Gasteiger partial charge in [-0.3, -0.25) is 4.90 Å². The van der Waals surface area contributed by atoms with E-state index in [4.69, 9.17) is 29.3 Å². The summed E-state index contributed by atoms with van der Waals surface area (Å²) < 4.78 is 38.7. The van der Waals surface area contributed by atoms with Gasteiger partial charge in [0, 0.05) is 42.8 Å². The van der Waals surface area contributed by atoms with Crippen LogP contribution in [-0.4, -0.2) is 80.2 Å². The average molecular weight is 545 g/mol. The molecular formula is C21H25BrN2O8S. The third-order valence-electron chi connectivity index (χ3n) is 4.85. The normalized spacial score (nSPS) is 14.6. The van der Waals surface area contributed by atoms with Gasteiger partial charge in [0.25, 0.3) is 0 Å². The van der Waals surface area contributed by atoms with Crippen LogP contribution in [0.15, 0.2) is 51.8 Å². The van der Waals surface area contributed by atoms with Crippen molar-refractivity contribution in [2.24, 2.45) is 0 Å². The maximum Gasteiger partial charge on any atom is 0.414 e. The molecule has 0 saturated carbocycles. The summed E-state index contributed by atoms with van der Waals surface area (Å²) in [6.45, 7) is 2.99. The number of sulfonamides is 1. The summed E-state index contributed by atoms with van der Waals surface area (Å²) in [7, 11) is -0.267. The first-order valence-corrected chi connectivity index (χ1v) is 12.0. The minimum absolute atomic E-state index is 0.297. The number of halogens is 1. The number of ether oxygens (including phenoxy) is 2. The Labute approximate surface area is 200 Å². The van der Waals surface area contributed by atoms with Gasteiger partial charge in [-0.25, -0.2) is 18.0 Å². The number of methoxy groups -OCH3 is 2. The van der Waals surface area contributed by atoms with Crippen LogP contribution < -0.4 is 9.47 Å². The number of hydrogen-bond donors (Lipinski definition) is 2. The second-order valence-electron chi connectivity index (χ2n) is 6.92. The van der Waals surface area contributed by atoms with Gasteiger partial charge in [0.1, 0.15) is 11.5 Å². The first-order valence-electron chi connectivity index (χ1n) is 9.73. The second kappa shape index (κ2) is 12.0. The van der Waals surface area contributed by atoms with Gasteiger partial charge in [0.15, 0.2) is 0 Å². The predicted octanol–water partition coefficient (Wildman–Crippen LogP) is 2.13. The van der Waals surface area contributed by atoms with Crippen molar-refractivity contribution in [2.75, 3.05) is 40.4 Å². The van der Waals surface area contributed by atoms with Crippen LogP contribution in [0.4, 0.5) is 0 Å². The van der Waals surface area contributed by atoms with Gasteiger partial charge in [-0.15, -0.1) is 0 Å². The summed E-state index contributed by atoms with van der Waals surface area (Å²) in [6.07, 6.45) is 0. The van der Waals surface area contributed by atoms with E-state index in [-0.39, 0.29) is 0 Å². The molecule has 3 rings (SSSR count). The van der Waals surface area contributed by atoms with Crippen molar-refractivity contribution in [3.63, 3.8) is 0 Å². The molecule has 2 aromatic carbocycles. The Balaban J connectivity index is 0.000000569. The van der Waals surface area contributed by atoms with Crippen LogP contribution in [0.2, 0.25) is 0 Å². The van der Waals surface area contributed by atoms with E-state index < -0.39 is 22.0 Å². The number of rotatable bonds is 6. The Morgan fingerprint density at radius 1 is 0.939 bits per heavy atom. The number of benzene rings is 2. The molecule has 0 aliphatic carbocycles. The molecule has 0 amide bonds. The zero-order valence-corrected chi connectivity index (χ0v) is 20.5. The van der Waals surface area contributed by atoms with Gasteiger partial charge >= 0.3 is 11.9 Å². The molecule has 0 aromatic heterocycles. The molecule has 12 heteroatoms. The fourth-order valence-electron chi connectivity index (χ4n) is 3.14. The van der Waals surface area contributed by atoms with Crippen LogP contribution in [-0.2, 0) is 26.2 Å². The standard InChI is InChI=1S/C19H23BrN2O4S.C2H2O4/c1-25-17-4-6-18(7-5-17)27(23,24)22-11-9-21(10-12-22)14-15-13-16(20)3-8-19(15)26-2;3-1(4)2(5)6/h3-8,13H,9-12,14H2,1-2H3;(H,3,4)(H,5,6). The van der Waals surface area contributed by atoms with Gasteiger partial charge in [-0.2, -0.15) is 4.31 Å². The quantitative estimate of drug-likeness (QED) is 0.524. The number of carboxylic acids is 2. The molecule has 1 aliphatic rings. The Hall–Kier alpha value is -2.67. The number of carboxylic acid groups (broad SMARTS) is 2. The lowest BCUT2D eigenvalue weighted by Crippen LogP contribution is -2.48. The molecule has 180 valence electrons. The van der Waals surface area contributed by atoms with E-state index in [2.05, 4.69) is 20.8 Å². The molecule has 0 radical (unpaired) electrons. The van der Waals surface area contributed by atoms with Crippen molar-refractivity contribution >= 4 is 37.9 Å². The van der Waals surface area contributed by atoms with E-state index in [9.17, 15) is 8.42 Å². The molecule has 2 aromatic rings. The van der Waals surface area contributed by atoms with Crippen molar-refractivity contribution in [3.8, 4) is 11.5 Å². The fourth-order valence-corrected chi connectivity index (χ4v) is 4.97. The molecule has 0 unspecified atom stereocenters. The highest BCUT2D eigenvalue weighted by Crippen LogP contribution is 2.26. The van der Waals surface area contributed by atoms with E-state index in [1.807, 2.05) is 18.2 Å². The first-order chi connectivity index (χ1) is 15.6. The van der Waals surface area contributed by atoms with Crippen LogP contribution in [0.25, 0.3) is 0 Å². The SMILES string of the molecule is COc1ccc(S(=O)(=O)N2CCN(Cc3cc(Br)ccc3OC)CC2)cc1.O=C(O)C(=O)O. The third kappa shape index (κ3) is 7.42. The summed E-state index contributed by atoms with van der Waals surface area (Å²) in [5.41, 5.74) is 1.08. The monoisotopic (exact) mass is 544 g/mol. The number of nitrogens with zero attached hydrogens (tertiary/aromatic N) is 2. The van der Waals surface area contributed by atoms with Gasteiger partial charge < -0.3 is 19.7 Å². The molecular weight excluding hydrogens is 520 g/mol. The summed E-state index contributed by atoms with van der Waals surface area (Å²) in [5, 5.41) is 14.8. The topological polar surface area (TPSA) is 134 Å². The minimum Gasteiger partial charge on any atom is -0.497 e. The molecule has 0 atom stereocenters. The number of hydrogen-bond acceptors (Lipinski definition) is 7. The number of aliphatic carboxylic acids is 2. The van der Waals surface area contributed by atoms with Crippen LogP contribution >= 0.6 is 15.9 Å². The molecule has 1 heterocycles. The lowest BCUT2D eigenvalue weighted by atomic mass is 10.2. The van der Waals surface area contributed by atoms with Gasteiger partial charge in [0.2, 0.25) is 10.0 Å². The summed E-state index contributed by atoms with van der Waals surface area (Å²) in [4.78, 5) is 20.7. The molecule has 1 aliphatic heterocycles. The van der Waals surface area contributed by atoms with E-state index in [1.165, 1.54) is 0 Å². The highest BCUT2D eigenvalue weighted by Gasteiger charge is 2.28. The van der Waals surface area contributed by atoms with Crippen molar-refractivity contribution in [2.45, 2.75) is 11.4 Å². The maximum atomic E-state index is 12.8. The smallest absolute Gasteiger partial charge is 0.414 e. The molecule has 2 N–H and O–H groups in total. The number of carbonyl (C=O) groups is 2. The highest BCUT2D eigenvalue weighted by atomic mass is 79.9. The molecule has 33 heavy (non-hydrogen) atoms. The second-order valence-corrected chi connectivity index (χ2v) is 9.78. The predicted molar refractivity (Wildman–Crippen MR) is 123 cm³/mol. The van der Waals surface area contributed by atoms with Crippen LogP contribution in [0.5, 0.6) is 11.5 Å². The fraction of sp³-hybridized carbons (Fsp3) is 0.333. The van der Waals surface area contributed by atoms with Crippen molar-refractivity contribution < 1.29 is 37.7 Å². The zero-order valence-electron chi connectivity index (χ0n) is 18.1. The molecule has 1 saturated heterocycles. The van der Waals surface area contributed by atoms with Crippen molar-refractivity contribution in [3.05, 3.63) is 52.5 Å². The van der Waals surface area contributed by atoms with Gasteiger partial charge in [-0.05, 0) is 42.5 Å². The van der Waals surface area contributed by atoms with Crippen molar-refractivity contribution in [1.82, 2.24) is 9.21 Å². The maximum absolute atomic E-state index is 12.8. The lowest BCUT2D eigenvalue weighted by Gasteiger charge is -2.34. The number of piperazine rings is 1. The van der Waals surface area contributed by atoms with Gasteiger partial charge in [0.05, 0.1) is 19.1 Å². The average Bonchev–Trinajstić information content (AvgIpc) is 2.80.